The van der Waals surface area contributed by atoms with E-state index in [4.69, 9.17) is 4.52 Å². The Bertz CT molecular complexity index is 645. The van der Waals surface area contributed by atoms with Crippen LogP contribution in [0.5, 0.6) is 0 Å². The summed E-state index contributed by atoms with van der Waals surface area (Å²) in [5, 5.41) is 8.66. The molecule has 22 heavy (non-hydrogen) atoms. The highest BCUT2D eigenvalue weighted by Gasteiger charge is 2.16. The van der Waals surface area contributed by atoms with E-state index < -0.39 is 0 Å². The maximum atomic E-state index is 11.9. The van der Waals surface area contributed by atoms with Crippen LogP contribution in [-0.4, -0.2) is 33.0 Å². The van der Waals surface area contributed by atoms with Gasteiger partial charge < -0.3 is 15.2 Å². The number of thioether (sulfide) groups is 1. The summed E-state index contributed by atoms with van der Waals surface area (Å²) in [4.78, 5) is 27.6. The quantitative estimate of drug-likeness (QED) is 0.846. The van der Waals surface area contributed by atoms with E-state index in [1.54, 1.807) is 44.4 Å². The van der Waals surface area contributed by atoms with Crippen molar-refractivity contribution in [3.63, 3.8) is 0 Å². The van der Waals surface area contributed by atoms with Crippen molar-refractivity contribution < 1.29 is 14.1 Å². The van der Waals surface area contributed by atoms with Crippen LogP contribution in [0.4, 0.5) is 11.5 Å². The van der Waals surface area contributed by atoms with Gasteiger partial charge in [-0.15, -0.1) is 11.8 Å². The van der Waals surface area contributed by atoms with Crippen LogP contribution >= 0.6 is 11.8 Å². The van der Waals surface area contributed by atoms with Gasteiger partial charge in [0.25, 0.3) is 0 Å². The predicted octanol–water partition coefficient (Wildman–Crippen LogP) is 2.08. The monoisotopic (exact) mass is 320 g/mol. The smallest absolute Gasteiger partial charge is 0.238 e. The summed E-state index contributed by atoms with van der Waals surface area (Å²) in [6.07, 6.45) is 3.19. The number of aromatic nitrogens is 2. The van der Waals surface area contributed by atoms with Crippen molar-refractivity contribution in [2.45, 2.75) is 19.1 Å². The van der Waals surface area contributed by atoms with E-state index in [1.165, 1.54) is 11.8 Å². The molecule has 0 fully saturated rings. The summed E-state index contributed by atoms with van der Waals surface area (Å²) in [5.41, 5.74) is 0.677. The lowest BCUT2D eigenvalue weighted by molar-refractivity contribution is -0.115. The molecule has 0 saturated heterocycles. The number of rotatable bonds is 6. The number of hydrogen-bond acceptors (Lipinski definition) is 6. The van der Waals surface area contributed by atoms with E-state index in [0.29, 0.717) is 17.3 Å². The van der Waals surface area contributed by atoms with Crippen LogP contribution in [0.25, 0.3) is 0 Å². The summed E-state index contributed by atoms with van der Waals surface area (Å²) in [5.74, 6) is 0.765. The Hall–Kier alpha value is -2.35. The van der Waals surface area contributed by atoms with Crippen LogP contribution in [0, 0.1) is 6.92 Å². The second kappa shape index (κ2) is 7.60. The van der Waals surface area contributed by atoms with E-state index >= 15 is 0 Å². The van der Waals surface area contributed by atoms with Crippen LogP contribution in [0.1, 0.15) is 12.7 Å². The molecule has 0 saturated carbocycles. The Balaban J connectivity index is 1.75. The molecule has 2 N–H and O–H groups in total. The minimum atomic E-state index is -0.389. The first-order valence-electron chi connectivity index (χ1n) is 6.60. The van der Waals surface area contributed by atoms with Gasteiger partial charge in [-0.2, -0.15) is 0 Å². The number of nitrogens with one attached hydrogen (secondary N) is 2. The number of hydrogen-bond donors (Lipinski definition) is 2. The molecule has 0 aliphatic heterocycles. The summed E-state index contributed by atoms with van der Waals surface area (Å²) in [6, 6.07) is 5.03. The van der Waals surface area contributed by atoms with E-state index in [2.05, 4.69) is 20.8 Å². The van der Waals surface area contributed by atoms with Crippen LogP contribution in [0.3, 0.4) is 0 Å². The normalized spacial score (nSPS) is 11.7. The lowest BCUT2D eigenvalue weighted by Gasteiger charge is -2.10. The van der Waals surface area contributed by atoms with Gasteiger partial charge in [-0.25, -0.2) is 0 Å². The highest BCUT2D eigenvalue weighted by Crippen LogP contribution is 2.15. The SMILES string of the molecule is Cc1cc(NC(=O)C(C)SCC(=O)Nc2ccncc2)no1. The van der Waals surface area contributed by atoms with Crippen LogP contribution in [0.15, 0.2) is 35.1 Å². The molecule has 0 aliphatic rings. The highest BCUT2D eigenvalue weighted by atomic mass is 32.2. The minimum absolute atomic E-state index is 0.173. The fourth-order valence-corrected chi connectivity index (χ4v) is 2.25. The van der Waals surface area contributed by atoms with E-state index in [9.17, 15) is 9.59 Å². The zero-order valence-corrected chi connectivity index (χ0v) is 13.0. The molecule has 7 nitrogen and oxygen atoms in total. The van der Waals surface area contributed by atoms with Crippen LogP contribution in [0.2, 0.25) is 0 Å². The molecule has 0 radical (unpaired) electrons. The molecular formula is C14H16N4O3S. The van der Waals surface area contributed by atoms with Crippen LogP contribution in [-0.2, 0) is 9.59 Å². The molecular weight excluding hydrogens is 304 g/mol. The fraction of sp³-hybridized carbons (Fsp3) is 0.286. The topological polar surface area (TPSA) is 97.1 Å². The largest absolute Gasteiger partial charge is 0.360 e. The molecule has 2 amide bonds. The Morgan fingerprint density at radius 1 is 1.32 bits per heavy atom. The number of carbonyl (C=O) groups is 2. The zero-order valence-electron chi connectivity index (χ0n) is 12.2. The lowest BCUT2D eigenvalue weighted by atomic mass is 10.4. The number of pyridine rings is 1. The molecule has 0 aliphatic carbocycles. The molecule has 2 aromatic rings. The van der Waals surface area contributed by atoms with Crippen LogP contribution < -0.4 is 10.6 Å². The predicted molar refractivity (Wildman–Crippen MR) is 84.7 cm³/mol. The van der Waals surface area contributed by atoms with Crippen molar-refractivity contribution in [2.24, 2.45) is 0 Å². The Morgan fingerprint density at radius 2 is 2.05 bits per heavy atom. The van der Waals surface area contributed by atoms with E-state index in [-0.39, 0.29) is 22.8 Å². The van der Waals surface area contributed by atoms with Crippen molar-refractivity contribution in [1.82, 2.24) is 10.1 Å². The standard InChI is InChI=1S/C14H16N4O3S/c1-9-7-12(18-21-9)17-14(20)10(2)22-8-13(19)16-11-3-5-15-6-4-11/h3-7,10H,8H2,1-2H3,(H,15,16,19)(H,17,18,20). The number of aryl methyl sites for hydroxylation is 1. The fourth-order valence-electron chi connectivity index (χ4n) is 1.56. The maximum absolute atomic E-state index is 11.9. The summed E-state index contributed by atoms with van der Waals surface area (Å²) >= 11 is 1.24. The summed E-state index contributed by atoms with van der Waals surface area (Å²) in [6.45, 7) is 3.47. The highest BCUT2D eigenvalue weighted by molar-refractivity contribution is 8.01. The van der Waals surface area contributed by atoms with Crippen molar-refractivity contribution in [3.8, 4) is 0 Å². The van der Waals surface area contributed by atoms with Gasteiger partial charge in [0.05, 0.1) is 11.0 Å². The van der Waals surface area contributed by atoms with Gasteiger partial charge in [-0.3, -0.25) is 14.6 Å². The first kappa shape index (κ1) is 16.0. The van der Waals surface area contributed by atoms with Gasteiger partial charge in [0, 0.05) is 24.1 Å². The van der Waals surface area contributed by atoms with Crippen molar-refractivity contribution in [1.29, 1.82) is 0 Å². The van der Waals surface area contributed by atoms with Crippen molar-refractivity contribution in [2.75, 3.05) is 16.4 Å². The van der Waals surface area contributed by atoms with Gasteiger partial charge in [0.15, 0.2) is 5.82 Å². The average Bonchev–Trinajstić information content (AvgIpc) is 2.91. The third-order valence-corrected chi connectivity index (χ3v) is 3.82. The molecule has 0 aromatic carbocycles. The van der Waals surface area contributed by atoms with E-state index in [0.717, 1.165) is 0 Å². The second-order valence-electron chi connectivity index (χ2n) is 4.55. The number of anilines is 2. The molecule has 8 heteroatoms. The second-order valence-corrected chi connectivity index (χ2v) is 5.88. The summed E-state index contributed by atoms with van der Waals surface area (Å²) in [7, 11) is 0. The first-order valence-corrected chi connectivity index (χ1v) is 7.65. The first-order chi connectivity index (χ1) is 10.5. The third kappa shape index (κ3) is 4.88. The number of nitrogens with zero attached hydrogens (tertiary/aromatic N) is 2. The van der Waals surface area contributed by atoms with Gasteiger partial charge in [0.1, 0.15) is 5.76 Å². The van der Waals surface area contributed by atoms with Gasteiger partial charge >= 0.3 is 0 Å². The molecule has 2 heterocycles. The third-order valence-electron chi connectivity index (χ3n) is 2.68. The molecule has 1 atom stereocenters. The molecule has 0 bridgehead atoms. The number of amides is 2. The zero-order chi connectivity index (χ0) is 15.9. The molecule has 2 aromatic heterocycles. The lowest BCUT2D eigenvalue weighted by Crippen LogP contribution is -2.25. The van der Waals surface area contributed by atoms with Crippen molar-refractivity contribution >= 4 is 35.1 Å². The van der Waals surface area contributed by atoms with E-state index in [1.807, 2.05) is 0 Å². The van der Waals surface area contributed by atoms with Gasteiger partial charge in [-0.05, 0) is 26.0 Å². The Labute approximate surface area is 131 Å². The molecule has 116 valence electrons. The molecule has 1 unspecified atom stereocenters. The number of carbonyl (C=O) groups excluding carboxylic acids is 2. The van der Waals surface area contributed by atoms with Crippen molar-refractivity contribution in [3.05, 3.63) is 36.4 Å². The van der Waals surface area contributed by atoms with Gasteiger partial charge in [0.2, 0.25) is 11.8 Å². The molecule has 0 spiro atoms. The maximum Gasteiger partial charge on any atom is 0.238 e. The summed E-state index contributed by atoms with van der Waals surface area (Å²) < 4.78 is 4.87. The molecule has 2 rings (SSSR count). The Kier molecular flexibility index (Phi) is 5.54. The minimum Gasteiger partial charge on any atom is -0.360 e. The van der Waals surface area contributed by atoms with Gasteiger partial charge in [-0.1, -0.05) is 5.16 Å². The average molecular weight is 320 g/mol. The Morgan fingerprint density at radius 3 is 2.68 bits per heavy atom.